The molecule has 0 aromatic carbocycles. The van der Waals surface area contributed by atoms with E-state index in [0.29, 0.717) is 0 Å². The maximum Gasteiger partial charge on any atom is 2.00 e. The Labute approximate surface area is 462 Å². The van der Waals surface area contributed by atoms with Crippen LogP contribution in [0.15, 0.2) is 0 Å². The number of hydrogen-bond acceptors (Lipinski definition) is 33. The second-order valence-corrected chi connectivity index (χ2v) is 12.5. The van der Waals surface area contributed by atoms with Gasteiger partial charge in [0.05, 0.1) is 50.9 Å². The molecular formula is C30H57CaIMgO35Zn. The van der Waals surface area contributed by atoms with Gasteiger partial charge in [0, 0.05) is 19.5 Å². The van der Waals surface area contributed by atoms with Crippen molar-refractivity contribution in [2.24, 2.45) is 0 Å². The standard InChI is InChI=1S/5C6H12O7.Ca.HI.Mg.Zn/c5*7-1-2(8)3(9)4(10)5(11)6(12)13;;;;/h5*2-5,7-11H,1H2,(H,12,13);;1H;;/q;;;;;+2;;+2;/p-4/t5*2-,3-,4+,5-;;;;/m11111..../s1. The van der Waals surface area contributed by atoms with Crippen molar-refractivity contribution in [1.82, 2.24) is 0 Å². The maximum absolute atomic E-state index is 10.1. The molecule has 0 bridgehead atoms. The third-order valence-electron chi connectivity index (χ3n) is 7.50. The van der Waals surface area contributed by atoms with Crippen molar-refractivity contribution in [3.05, 3.63) is 0 Å². The number of carbonyl (C=O) groups excluding carboxylic acids is 3. The predicted molar refractivity (Wildman–Crippen MR) is 197 cm³/mol. The fraction of sp³-hybridized carbons (Fsp3) is 0.833. The van der Waals surface area contributed by atoms with Crippen molar-refractivity contribution in [2.75, 3.05) is 33.0 Å². The van der Waals surface area contributed by atoms with Crippen LogP contribution in [0, 0.1) is 0 Å². The molecule has 0 aliphatic rings. The summed E-state index contributed by atoms with van der Waals surface area (Å²) in [6, 6.07) is 0. The van der Waals surface area contributed by atoms with Crippen LogP contribution in [0.2, 0.25) is 0 Å². The van der Waals surface area contributed by atoms with Crippen LogP contribution in [0.3, 0.4) is 0 Å². The molecular weight excluding hydrogens is 1180 g/mol. The number of carbonyl (C=O) groups is 5. The SMILES string of the molecule is O=C(O)[C@H](O)[C@@H](O)[C@H](O)[C@H](O)CO.O=C(O)[C@H](O)[C@@H](O)[C@H](O)[C@H](O)CO.O=C([O-])[C@H](O)[C@@H](O)[C@H](O)[C@H](O)CO.O=C([O-])[C@H](O)[C@@H](O)[C@H](O)[C@H](O)CO.O=C([O-])[C@H](O)[C@@H](O)[C@H](O)[C@H](O)CO.[Ca+2].[I-].[Mg+2].[Zn]. The van der Waals surface area contributed by atoms with E-state index in [1.54, 1.807) is 0 Å². The van der Waals surface area contributed by atoms with Crippen LogP contribution >= 0.6 is 0 Å². The fourth-order valence-electron chi connectivity index (χ4n) is 3.32. The molecule has 0 aliphatic carbocycles. The number of hydrogen-bond donors (Lipinski definition) is 27. The molecule has 0 amide bonds. The van der Waals surface area contributed by atoms with Crippen molar-refractivity contribution in [2.45, 2.75) is 122 Å². The van der Waals surface area contributed by atoms with Crippen LogP contribution < -0.4 is 39.3 Å². The average molecular weight is 1230 g/mol. The van der Waals surface area contributed by atoms with E-state index in [2.05, 4.69) is 0 Å². The summed E-state index contributed by atoms with van der Waals surface area (Å²) in [4.78, 5) is 50.1. The molecule has 20 atom stereocenters. The summed E-state index contributed by atoms with van der Waals surface area (Å²) >= 11 is 0. The number of aliphatic hydroxyl groups is 25. The Hall–Kier alpha value is -0.271. The van der Waals surface area contributed by atoms with Gasteiger partial charge in [-0.1, -0.05) is 0 Å². The largest absolute Gasteiger partial charge is 2.00 e. The number of aliphatic carboxylic acids is 5. The van der Waals surface area contributed by atoms with Crippen LogP contribution in [0.5, 0.6) is 0 Å². The van der Waals surface area contributed by atoms with E-state index in [4.69, 9.17) is 138 Å². The molecule has 0 heterocycles. The first kappa shape index (κ1) is 88.4. The topological polar surface area (TPSA) is 701 Å². The minimum Gasteiger partial charge on any atom is -1.00 e. The normalized spacial score (nSPS) is 19.2. The minimum atomic E-state index is -2.31. The van der Waals surface area contributed by atoms with E-state index in [0.717, 1.165) is 0 Å². The average Bonchev–Trinajstić information content (AvgIpc) is 3.28. The Kier molecular flexibility index (Phi) is 60.8. The summed E-state index contributed by atoms with van der Waals surface area (Å²) in [7, 11) is 0. The zero-order valence-corrected chi connectivity index (χ0v) is 44.2. The van der Waals surface area contributed by atoms with Gasteiger partial charge in [0.1, 0.15) is 110 Å². The first-order valence-corrected chi connectivity index (χ1v) is 17.3. The second kappa shape index (κ2) is 47.4. The van der Waals surface area contributed by atoms with Gasteiger partial charge in [-0.05, 0) is 0 Å². The summed E-state index contributed by atoms with van der Waals surface area (Å²) in [6.07, 6.45) is -39.9. The van der Waals surface area contributed by atoms with Crippen molar-refractivity contribution < 1.29 is 221 Å². The molecule has 35 nitrogen and oxygen atoms in total. The van der Waals surface area contributed by atoms with E-state index >= 15 is 0 Å². The Bertz CT molecular complexity index is 1100. The Morgan fingerprint density at radius 1 is 0.304 bits per heavy atom. The van der Waals surface area contributed by atoms with E-state index in [1.807, 2.05) is 0 Å². The fourth-order valence-corrected chi connectivity index (χ4v) is 3.32. The zero-order valence-electron chi connectivity index (χ0n) is 35.4. The number of carboxylic acid groups (broad SMARTS) is 5. The molecule has 0 unspecified atom stereocenters. The van der Waals surface area contributed by atoms with Gasteiger partial charge in [0.2, 0.25) is 0 Å². The van der Waals surface area contributed by atoms with Crippen molar-refractivity contribution in [1.29, 1.82) is 0 Å². The number of rotatable bonds is 25. The second-order valence-electron chi connectivity index (χ2n) is 12.5. The van der Waals surface area contributed by atoms with E-state index in [9.17, 15) is 39.3 Å². The third-order valence-corrected chi connectivity index (χ3v) is 7.50. The molecule has 0 aromatic rings. The van der Waals surface area contributed by atoms with Crippen molar-refractivity contribution in [3.8, 4) is 0 Å². The molecule has 0 aliphatic heterocycles. The monoisotopic (exact) mass is 1230 g/mol. The molecule has 27 N–H and O–H groups in total. The molecule has 0 radical (unpaired) electrons. The summed E-state index contributed by atoms with van der Waals surface area (Å²) in [6.45, 7) is -4.27. The van der Waals surface area contributed by atoms with Crippen LogP contribution in [-0.2, 0) is 43.5 Å². The third kappa shape index (κ3) is 36.3. The number of aliphatic hydroxyl groups excluding tert-OH is 25. The van der Waals surface area contributed by atoms with Crippen LogP contribution in [0.25, 0.3) is 0 Å². The van der Waals surface area contributed by atoms with Gasteiger partial charge < -0.3 is 192 Å². The van der Waals surface area contributed by atoms with Gasteiger partial charge in [-0.25, -0.2) is 9.59 Å². The Morgan fingerprint density at radius 3 is 0.507 bits per heavy atom. The predicted octanol–water partition coefficient (Wildman–Crippen LogP) is -25.2. The zero-order chi connectivity index (χ0) is 53.0. The molecule has 0 aromatic heterocycles. The van der Waals surface area contributed by atoms with Gasteiger partial charge in [-0.3, -0.25) is 0 Å². The minimum absolute atomic E-state index is 0. The molecule has 0 spiro atoms. The molecule has 0 rings (SSSR count). The number of halogens is 1. The molecule has 69 heavy (non-hydrogen) atoms. The summed E-state index contributed by atoms with van der Waals surface area (Å²) in [5.41, 5.74) is 0. The summed E-state index contributed by atoms with van der Waals surface area (Å²) in [5.74, 6) is -9.38. The Morgan fingerprint density at radius 2 is 0.420 bits per heavy atom. The quantitative estimate of drug-likeness (QED) is 0.0298. The molecule has 0 saturated heterocycles. The molecule has 39 heteroatoms. The van der Waals surface area contributed by atoms with Crippen LogP contribution in [-0.4, -0.2) is 384 Å². The van der Waals surface area contributed by atoms with Crippen LogP contribution in [0.1, 0.15) is 0 Å². The molecule has 400 valence electrons. The van der Waals surface area contributed by atoms with Gasteiger partial charge in [-0.15, -0.1) is 0 Å². The maximum atomic E-state index is 10.1. The number of carboxylic acids is 5. The summed E-state index contributed by atoms with van der Waals surface area (Å²) in [5, 5.41) is 264. The Balaban J connectivity index is -0.0000000918. The molecule has 0 fully saturated rings. The van der Waals surface area contributed by atoms with Gasteiger partial charge >= 0.3 is 72.7 Å². The van der Waals surface area contributed by atoms with E-state index in [-0.39, 0.29) is 104 Å². The van der Waals surface area contributed by atoms with E-state index in [1.165, 1.54) is 0 Å². The summed E-state index contributed by atoms with van der Waals surface area (Å²) < 4.78 is 0. The van der Waals surface area contributed by atoms with Gasteiger partial charge in [0.25, 0.3) is 0 Å². The van der Waals surface area contributed by atoms with Gasteiger partial charge in [0.15, 0.2) is 12.2 Å². The first-order valence-electron chi connectivity index (χ1n) is 17.3. The van der Waals surface area contributed by atoms with Gasteiger partial charge in [-0.2, -0.15) is 0 Å². The van der Waals surface area contributed by atoms with Crippen molar-refractivity contribution in [3.63, 3.8) is 0 Å². The van der Waals surface area contributed by atoms with Crippen LogP contribution in [0.4, 0.5) is 0 Å². The smallest absolute Gasteiger partial charge is 1.00 e. The van der Waals surface area contributed by atoms with E-state index < -0.39 is 185 Å². The first-order chi connectivity index (χ1) is 29.6. The van der Waals surface area contributed by atoms with Crippen molar-refractivity contribution >= 4 is 90.6 Å². The molecule has 0 saturated carbocycles.